The van der Waals surface area contributed by atoms with E-state index in [1.165, 1.54) is 0 Å². The Morgan fingerprint density at radius 2 is 1.82 bits per heavy atom. The molecule has 146 valence electrons. The maximum absolute atomic E-state index is 12.8. The van der Waals surface area contributed by atoms with Crippen molar-refractivity contribution in [1.29, 1.82) is 0 Å². The Hall–Kier alpha value is -2.54. The number of aryl methyl sites for hydroxylation is 1. The van der Waals surface area contributed by atoms with E-state index in [4.69, 9.17) is 0 Å². The number of carbonyl (C=O) groups is 3. The van der Waals surface area contributed by atoms with Crippen molar-refractivity contribution in [3.8, 4) is 0 Å². The number of amides is 3. The Bertz CT molecular complexity index is 970. The molecule has 2 fully saturated rings. The number of fused-ring (bicyclic) bond motifs is 1. The Morgan fingerprint density at radius 1 is 1.11 bits per heavy atom. The molecule has 0 spiro atoms. The van der Waals surface area contributed by atoms with E-state index in [0.717, 1.165) is 58.8 Å². The first kappa shape index (κ1) is 18.8. The first-order chi connectivity index (χ1) is 13.5. The van der Waals surface area contributed by atoms with Crippen molar-refractivity contribution in [2.45, 2.75) is 25.7 Å². The maximum Gasteiger partial charge on any atom is 0.294 e. The summed E-state index contributed by atoms with van der Waals surface area (Å²) in [5, 5.41) is 0.650. The molecule has 1 aromatic heterocycles. The third kappa shape index (κ3) is 3.58. The smallest absolute Gasteiger partial charge is 0.294 e. The molecule has 0 N–H and O–H groups in total. The standard InChI is InChI=1S/C21H23N3O3S/c1-22-13-15(16-8-4-5-9-17(16)22)12-18-20(26)24(21(27)28-18)14-19(25)23-10-6-2-3-7-11-23/h4-5,8-9,12-13H,2-3,6-7,10-11,14H2,1H3. The van der Waals surface area contributed by atoms with Gasteiger partial charge in [-0.2, -0.15) is 0 Å². The minimum absolute atomic E-state index is 0.143. The van der Waals surface area contributed by atoms with Crippen molar-refractivity contribution in [1.82, 2.24) is 14.4 Å². The van der Waals surface area contributed by atoms with Crippen LogP contribution in [0.4, 0.5) is 4.79 Å². The predicted octanol–water partition coefficient (Wildman–Crippen LogP) is 3.62. The summed E-state index contributed by atoms with van der Waals surface area (Å²) in [6.45, 7) is 1.25. The van der Waals surface area contributed by atoms with Gasteiger partial charge in [0.2, 0.25) is 5.91 Å². The zero-order valence-electron chi connectivity index (χ0n) is 15.9. The molecular formula is C21H23N3O3S. The highest BCUT2D eigenvalue weighted by Crippen LogP contribution is 2.34. The van der Waals surface area contributed by atoms with E-state index in [1.807, 2.05) is 42.1 Å². The first-order valence-corrected chi connectivity index (χ1v) is 10.4. The lowest BCUT2D eigenvalue weighted by atomic mass is 10.1. The van der Waals surface area contributed by atoms with E-state index in [9.17, 15) is 14.4 Å². The molecule has 2 aromatic rings. The summed E-state index contributed by atoms with van der Waals surface area (Å²) in [6.07, 6.45) is 7.91. The number of aromatic nitrogens is 1. The third-order valence-corrected chi connectivity index (χ3v) is 6.25. The first-order valence-electron chi connectivity index (χ1n) is 9.62. The van der Waals surface area contributed by atoms with Crippen LogP contribution >= 0.6 is 11.8 Å². The fraction of sp³-hybridized carbons (Fsp3) is 0.381. The molecule has 0 unspecified atom stereocenters. The molecular weight excluding hydrogens is 374 g/mol. The van der Waals surface area contributed by atoms with Gasteiger partial charge in [0.15, 0.2) is 0 Å². The normalized spacial score (nSPS) is 19.7. The van der Waals surface area contributed by atoms with Gasteiger partial charge in [0.1, 0.15) is 6.54 Å². The second-order valence-corrected chi connectivity index (χ2v) is 8.27. The Labute approximate surface area is 168 Å². The van der Waals surface area contributed by atoms with Crippen molar-refractivity contribution < 1.29 is 14.4 Å². The molecule has 28 heavy (non-hydrogen) atoms. The zero-order valence-corrected chi connectivity index (χ0v) is 16.7. The molecule has 7 heteroatoms. The SMILES string of the molecule is Cn1cc(C=C2SC(=O)N(CC(=O)N3CCCCCC3)C2=O)c2ccccc21. The van der Waals surface area contributed by atoms with E-state index in [-0.39, 0.29) is 23.6 Å². The van der Waals surface area contributed by atoms with Crippen molar-refractivity contribution >= 4 is 45.8 Å². The van der Waals surface area contributed by atoms with Crippen LogP contribution in [0.5, 0.6) is 0 Å². The number of benzene rings is 1. The lowest BCUT2D eigenvalue weighted by Crippen LogP contribution is -2.42. The Balaban J connectivity index is 1.53. The monoisotopic (exact) mass is 397 g/mol. The van der Waals surface area contributed by atoms with Crippen LogP contribution < -0.4 is 0 Å². The lowest BCUT2D eigenvalue weighted by Gasteiger charge is -2.22. The minimum atomic E-state index is -0.383. The lowest BCUT2D eigenvalue weighted by molar-refractivity contribution is -0.135. The van der Waals surface area contributed by atoms with Gasteiger partial charge < -0.3 is 9.47 Å². The Kier molecular flexibility index (Phi) is 5.26. The molecule has 0 bridgehead atoms. The summed E-state index contributed by atoms with van der Waals surface area (Å²) in [6, 6.07) is 7.92. The number of thioether (sulfide) groups is 1. The van der Waals surface area contributed by atoms with Crippen LogP contribution in [0.15, 0.2) is 35.4 Å². The van der Waals surface area contributed by atoms with E-state index in [2.05, 4.69) is 0 Å². The molecule has 0 saturated carbocycles. The fourth-order valence-corrected chi connectivity index (χ4v) is 4.65. The van der Waals surface area contributed by atoms with Crippen LogP contribution in [0, 0.1) is 0 Å². The second-order valence-electron chi connectivity index (χ2n) is 7.28. The van der Waals surface area contributed by atoms with Gasteiger partial charge in [-0.25, -0.2) is 0 Å². The van der Waals surface area contributed by atoms with E-state index in [0.29, 0.717) is 18.0 Å². The Morgan fingerprint density at radius 3 is 2.57 bits per heavy atom. The van der Waals surface area contributed by atoms with Crippen LogP contribution in [0.25, 0.3) is 17.0 Å². The van der Waals surface area contributed by atoms with E-state index < -0.39 is 0 Å². The fourth-order valence-electron chi connectivity index (χ4n) is 3.82. The molecule has 4 rings (SSSR count). The number of para-hydroxylation sites is 1. The third-order valence-electron chi connectivity index (χ3n) is 5.34. The van der Waals surface area contributed by atoms with Gasteiger partial charge in [-0.1, -0.05) is 31.0 Å². The van der Waals surface area contributed by atoms with Crippen LogP contribution in [-0.2, 0) is 16.6 Å². The van der Waals surface area contributed by atoms with Crippen LogP contribution in [0.3, 0.4) is 0 Å². The molecule has 2 aliphatic heterocycles. The number of nitrogens with zero attached hydrogens (tertiary/aromatic N) is 3. The van der Waals surface area contributed by atoms with Gasteiger partial charge in [0, 0.05) is 42.8 Å². The molecule has 2 aliphatic rings. The van der Waals surface area contributed by atoms with Gasteiger partial charge in [-0.05, 0) is 36.7 Å². The summed E-state index contributed by atoms with van der Waals surface area (Å²) in [5.74, 6) is -0.526. The predicted molar refractivity (Wildman–Crippen MR) is 111 cm³/mol. The van der Waals surface area contributed by atoms with Gasteiger partial charge >= 0.3 is 0 Å². The molecule has 3 amide bonds. The quantitative estimate of drug-likeness (QED) is 0.742. The van der Waals surface area contributed by atoms with Gasteiger partial charge in [-0.15, -0.1) is 0 Å². The summed E-state index contributed by atoms with van der Waals surface area (Å²) in [7, 11) is 1.95. The number of hydrogen-bond acceptors (Lipinski definition) is 4. The zero-order chi connectivity index (χ0) is 19.7. The molecule has 2 saturated heterocycles. The highest BCUT2D eigenvalue weighted by Gasteiger charge is 2.37. The van der Waals surface area contributed by atoms with Gasteiger partial charge in [-0.3, -0.25) is 19.3 Å². The number of carbonyl (C=O) groups excluding carboxylic acids is 3. The number of hydrogen-bond donors (Lipinski definition) is 0. The number of likely N-dealkylation sites (tertiary alicyclic amines) is 1. The highest BCUT2D eigenvalue weighted by molar-refractivity contribution is 8.18. The van der Waals surface area contributed by atoms with Crippen LogP contribution in [0.1, 0.15) is 31.2 Å². The summed E-state index contributed by atoms with van der Waals surface area (Å²) in [5.41, 5.74) is 1.95. The summed E-state index contributed by atoms with van der Waals surface area (Å²) in [4.78, 5) is 41.0. The van der Waals surface area contributed by atoms with Gasteiger partial charge in [0.05, 0.1) is 4.91 Å². The summed E-state index contributed by atoms with van der Waals surface area (Å²) >= 11 is 0.906. The molecule has 0 aliphatic carbocycles. The topological polar surface area (TPSA) is 62.6 Å². The molecule has 0 atom stereocenters. The maximum atomic E-state index is 12.8. The average Bonchev–Trinajstić information content (AvgIpc) is 3.00. The van der Waals surface area contributed by atoms with Gasteiger partial charge in [0.25, 0.3) is 11.1 Å². The van der Waals surface area contributed by atoms with E-state index >= 15 is 0 Å². The number of imide groups is 1. The largest absolute Gasteiger partial charge is 0.350 e. The number of rotatable bonds is 3. The van der Waals surface area contributed by atoms with E-state index in [1.54, 1.807) is 11.0 Å². The van der Waals surface area contributed by atoms with Crippen molar-refractivity contribution in [2.75, 3.05) is 19.6 Å². The average molecular weight is 398 g/mol. The van der Waals surface area contributed by atoms with Crippen LogP contribution in [0.2, 0.25) is 0 Å². The molecule has 6 nitrogen and oxygen atoms in total. The second kappa shape index (κ2) is 7.83. The summed E-state index contributed by atoms with van der Waals surface area (Å²) < 4.78 is 1.99. The van der Waals surface area contributed by atoms with Crippen molar-refractivity contribution in [3.63, 3.8) is 0 Å². The van der Waals surface area contributed by atoms with Crippen LogP contribution in [-0.4, -0.2) is 51.1 Å². The van der Waals surface area contributed by atoms with Crippen molar-refractivity contribution in [3.05, 3.63) is 40.9 Å². The highest BCUT2D eigenvalue weighted by atomic mass is 32.2. The minimum Gasteiger partial charge on any atom is -0.350 e. The molecule has 3 heterocycles. The van der Waals surface area contributed by atoms with Crippen molar-refractivity contribution in [2.24, 2.45) is 7.05 Å². The molecule has 1 aromatic carbocycles. The molecule has 0 radical (unpaired) electrons.